The molecule has 0 radical (unpaired) electrons. The predicted octanol–water partition coefficient (Wildman–Crippen LogP) is 3.45. The molecule has 1 aromatic carbocycles. The number of nitrogens with zero attached hydrogens (tertiary/aromatic N) is 3. The highest BCUT2D eigenvalue weighted by Crippen LogP contribution is 2.35. The molecule has 0 aliphatic carbocycles. The van der Waals surface area contributed by atoms with Crippen molar-refractivity contribution in [3.05, 3.63) is 60.0 Å². The molecule has 0 saturated heterocycles. The van der Waals surface area contributed by atoms with Crippen LogP contribution in [0.5, 0.6) is 0 Å². The molecule has 0 bridgehead atoms. The zero-order valence-corrected chi connectivity index (χ0v) is 13.8. The van der Waals surface area contributed by atoms with E-state index in [4.69, 9.17) is 5.10 Å². The summed E-state index contributed by atoms with van der Waals surface area (Å²) >= 11 is 0. The smallest absolute Gasteiger partial charge is 0.100 e. The normalized spacial score (nSPS) is 13.3. The van der Waals surface area contributed by atoms with Crippen molar-refractivity contribution < 1.29 is 0 Å². The molecule has 3 heterocycles. The number of aromatic nitrogens is 3. The Bertz CT molecular complexity index is 794. The van der Waals surface area contributed by atoms with Crippen LogP contribution in [-0.4, -0.2) is 21.3 Å². The Hall–Kier alpha value is -2.17. The summed E-state index contributed by atoms with van der Waals surface area (Å²) in [4.78, 5) is 4.14. The molecule has 0 unspecified atom stereocenters. The number of benzene rings is 1. The first kappa shape index (κ1) is 15.7. The van der Waals surface area contributed by atoms with E-state index >= 15 is 0 Å². The van der Waals surface area contributed by atoms with Crippen LogP contribution >= 0.6 is 12.4 Å². The number of pyridine rings is 1. The second-order valence-electron chi connectivity index (χ2n) is 5.67. The molecular weight excluding hydrogens is 308 g/mol. The van der Waals surface area contributed by atoms with Gasteiger partial charge in [-0.25, -0.2) is 0 Å². The lowest BCUT2D eigenvalue weighted by Gasteiger charge is -2.16. The molecular formula is C18H19ClN4. The van der Waals surface area contributed by atoms with Gasteiger partial charge < -0.3 is 5.32 Å². The van der Waals surface area contributed by atoms with Gasteiger partial charge in [-0.1, -0.05) is 29.8 Å². The minimum absolute atomic E-state index is 0. The predicted molar refractivity (Wildman–Crippen MR) is 94.6 cm³/mol. The largest absolute Gasteiger partial charge is 0.309 e. The van der Waals surface area contributed by atoms with E-state index in [0.717, 1.165) is 25.3 Å². The Balaban J connectivity index is 0.00000156. The van der Waals surface area contributed by atoms with E-state index < -0.39 is 0 Å². The van der Waals surface area contributed by atoms with Crippen LogP contribution in [-0.2, 0) is 13.1 Å². The van der Waals surface area contributed by atoms with Crippen molar-refractivity contribution in [3.8, 4) is 22.4 Å². The maximum atomic E-state index is 4.88. The van der Waals surface area contributed by atoms with Crippen LogP contribution < -0.4 is 5.32 Å². The summed E-state index contributed by atoms with van der Waals surface area (Å²) < 4.78 is 2.14. The van der Waals surface area contributed by atoms with Crippen molar-refractivity contribution in [1.82, 2.24) is 20.1 Å². The molecule has 0 spiro atoms. The number of nitrogens with one attached hydrogen (secondary N) is 1. The fourth-order valence-electron chi connectivity index (χ4n) is 2.99. The Morgan fingerprint density at radius 1 is 1.00 bits per heavy atom. The number of halogens is 1. The summed E-state index contributed by atoms with van der Waals surface area (Å²) in [5, 5.41) is 8.33. The van der Waals surface area contributed by atoms with E-state index in [0.29, 0.717) is 0 Å². The molecule has 1 aliphatic rings. The van der Waals surface area contributed by atoms with Gasteiger partial charge in [-0.2, -0.15) is 5.10 Å². The van der Waals surface area contributed by atoms with Crippen LogP contribution in [0.15, 0.2) is 48.8 Å². The number of aryl methyl sites for hydroxylation is 1. The maximum absolute atomic E-state index is 4.88. The zero-order chi connectivity index (χ0) is 14.9. The second-order valence-corrected chi connectivity index (χ2v) is 5.67. The monoisotopic (exact) mass is 326 g/mol. The van der Waals surface area contributed by atoms with Gasteiger partial charge in [0.25, 0.3) is 0 Å². The third-order valence-electron chi connectivity index (χ3n) is 4.14. The van der Waals surface area contributed by atoms with E-state index in [1.165, 1.54) is 27.9 Å². The van der Waals surface area contributed by atoms with E-state index in [2.05, 4.69) is 58.3 Å². The topological polar surface area (TPSA) is 42.7 Å². The highest BCUT2D eigenvalue weighted by Gasteiger charge is 2.22. The average Bonchev–Trinajstić information content (AvgIpc) is 2.96. The summed E-state index contributed by atoms with van der Waals surface area (Å²) in [6.07, 6.45) is 3.68. The van der Waals surface area contributed by atoms with Crippen molar-refractivity contribution in [2.24, 2.45) is 0 Å². The van der Waals surface area contributed by atoms with Gasteiger partial charge in [0.05, 0.1) is 12.2 Å². The van der Waals surface area contributed by atoms with Gasteiger partial charge in [0.1, 0.15) is 5.69 Å². The van der Waals surface area contributed by atoms with Gasteiger partial charge in [0.15, 0.2) is 0 Å². The van der Waals surface area contributed by atoms with Crippen LogP contribution in [0.4, 0.5) is 0 Å². The van der Waals surface area contributed by atoms with Crippen molar-refractivity contribution in [3.63, 3.8) is 0 Å². The molecule has 1 aliphatic heterocycles. The van der Waals surface area contributed by atoms with Crippen LogP contribution in [0.3, 0.4) is 0 Å². The lowest BCUT2D eigenvalue weighted by molar-refractivity contribution is 0.477. The molecule has 0 fully saturated rings. The minimum atomic E-state index is 0. The van der Waals surface area contributed by atoms with Crippen molar-refractivity contribution >= 4 is 12.4 Å². The second kappa shape index (κ2) is 6.52. The van der Waals surface area contributed by atoms with E-state index in [1.807, 2.05) is 12.4 Å². The molecule has 4 nitrogen and oxygen atoms in total. The Kier molecular flexibility index (Phi) is 4.46. The summed E-state index contributed by atoms with van der Waals surface area (Å²) in [5.74, 6) is 0. The van der Waals surface area contributed by atoms with Gasteiger partial charge in [0.2, 0.25) is 0 Å². The first-order valence-corrected chi connectivity index (χ1v) is 7.61. The molecule has 4 rings (SSSR count). The first-order chi connectivity index (χ1) is 10.8. The molecule has 0 saturated carbocycles. The van der Waals surface area contributed by atoms with E-state index in [1.54, 1.807) is 0 Å². The molecule has 118 valence electrons. The Morgan fingerprint density at radius 2 is 1.74 bits per heavy atom. The van der Waals surface area contributed by atoms with E-state index in [9.17, 15) is 0 Å². The summed E-state index contributed by atoms with van der Waals surface area (Å²) in [6.45, 7) is 4.85. The number of fused-ring (bicyclic) bond motifs is 1. The quantitative estimate of drug-likeness (QED) is 0.784. The standard InChI is InChI=1S/C18H18N4.ClH/c1-13-2-4-15(5-3-13)18-17(14-6-8-19-9-7-14)16-12-20-10-11-22(16)21-18;/h2-9,20H,10-12H2,1H3;1H. The molecule has 3 aromatic rings. The van der Waals surface area contributed by atoms with Crippen LogP contribution in [0.25, 0.3) is 22.4 Å². The minimum Gasteiger partial charge on any atom is -0.309 e. The fourth-order valence-corrected chi connectivity index (χ4v) is 2.99. The maximum Gasteiger partial charge on any atom is 0.100 e. The van der Waals surface area contributed by atoms with Gasteiger partial charge >= 0.3 is 0 Å². The van der Waals surface area contributed by atoms with Gasteiger partial charge in [0, 0.05) is 36.6 Å². The lowest BCUT2D eigenvalue weighted by atomic mass is 9.99. The number of hydrogen-bond donors (Lipinski definition) is 1. The molecule has 0 amide bonds. The van der Waals surface area contributed by atoms with Crippen molar-refractivity contribution in [2.45, 2.75) is 20.0 Å². The SMILES string of the molecule is Cc1ccc(-c2nn3c(c2-c2ccncc2)CNCC3)cc1.Cl. The van der Waals surface area contributed by atoms with Crippen molar-refractivity contribution in [2.75, 3.05) is 6.54 Å². The summed E-state index contributed by atoms with van der Waals surface area (Å²) in [7, 11) is 0. The molecule has 0 atom stereocenters. The van der Waals surface area contributed by atoms with Crippen molar-refractivity contribution in [1.29, 1.82) is 0 Å². The Morgan fingerprint density at radius 3 is 2.48 bits per heavy atom. The zero-order valence-electron chi connectivity index (χ0n) is 13.0. The van der Waals surface area contributed by atoms with Crippen LogP contribution in [0, 0.1) is 6.92 Å². The third kappa shape index (κ3) is 2.87. The van der Waals surface area contributed by atoms with Gasteiger partial charge in [-0.3, -0.25) is 9.67 Å². The molecule has 23 heavy (non-hydrogen) atoms. The number of hydrogen-bond acceptors (Lipinski definition) is 3. The van der Waals surface area contributed by atoms with Gasteiger partial charge in [-0.05, 0) is 24.6 Å². The lowest BCUT2D eigenvalue weighted by Crippen LogP contribution is -2.28. The molecule has 2 aromatic heterocycles. The summed E-state index contributed by atoms with van der Waals surface area (Å²) in [5.41, 5.74) is 7.14. The molecule has 5 heteroatoms. The van der Waals surface area contributed by atoms with Gasteiger partial charge in [-0.15, -0.1) is 12.4 Å². The molecule has 1 N–H and O–H groups in total. The third-order valence-corrected chi connectivity index (χ3v) is 4.14. The Labute approximate surface area is 142 Å². The first-order valence-electron chi connectivity index (χ1n) is 7.61. The fraction of sp³-hybridized carbons (Fsp3) is 0.222. The summed E-state index contributed by atoms with van der Waals surface area (Å²) in [6, 6.07) is 12.7. The van der Waals surface area contributed by atoms with E-state index in [-0.39, 0.29) is 12.4 Å². The van der Waals surface area contributed by atoms with Crippen LogP contribution in [0.2, 0.25) is 0 Å². The van der Waals surface area contributed by atoms with Crippen LogP contribution in [0.1, 0.15) is 11.3 Å². The highest BCUT2D eigenvalue weighted by molar-refractivity contribution is 5.85. The number of rotatable bonds is 2. The highest BCUT2D eigenvalue weighted by atomic mass is 35.5. The average molecular weight is 327 g/mol.